The fourth-order valence-corrected chi connectivity index (χ4v) is 3.66. The molecule has 3 N–H and O–H groups in total. The van der Waals surface area contributed by atoms with Crippen LogP contribution in [0.2, 0.25) is 5.02 Å². The lowest BCUT2D eigenvalue weighted by molar-refractivity contribution is -0.139. The van der Waals surface area contributed by atoms with Gasteiger partial charge in [0.15, 0.2) is 6.61 Å². The normalized spacial score (nSPS) is 17.6. The van der Waals surface area contributed by atoms with Crippen molar-refractivity contribution in [1.82, 2.24) is 5.32 Å². The number of carbonyl (C=O) groups is 1. The Kier molecular flexibility index (Phi) is 6.72. The first-order valence-electron chi connectivity index (χ1n) is 9.14. The maximum atomic E-state index is 10.7. The molecule has 5 nitrogen and oxygen atoms in total. The summed E-state index contributed by atoms with van der Waals surface area (Å²) in [5.74, 6) is -0.407. The van der Waals surface area contributed by atoms with Crippen molar-refractivity contribution in [2.24, 2.45) is 0 Å². The number of ether oxygens (including phenoxy) is 1. The fourth-order valence-electron chi connectivity index (χ4n) is 3.46. The predicted molar refractivity (Wildman–Crippen MR) is 104 cm³/mol. The number of rotatable bonds is 7. The third kappa shape index (κ3) is 5.70. The number of aliphatic hydroxyl groups is 1. The van der Waals surface area contributed by atoms with Gasteiger partial charge in [-0.15, -0.1) is 0 Å². The summed E-state index contributed by atoms with van der Waals surface area (Å²) in [6.07, 6.45) is 3.28. The van der Waals surface area contributed by atoms with E-state index in [1.165, 1.54) is 11.1 Å². The van der Waals surface area contributed by atoms with Gasteiger partial charge < -0.3 is 20.3 Å². The van der Waals surface area contributed by atoms with E-state index in [9.17, 15) is 9.90 Å². The number of fused-ring (bicyclic) bond motifs is 1. The number of carboxylic acid groups (broad SMARTS) is 1. The van der Waals surface area contributed by atoms with E-state index < -0.39 is 12.1 Å². The van der Waals surface area contributed by atoms with E-state index in [1.807, 2.05) is 30.3 Å². The summed E-state index contributed by atoms with van der Waals surface area (Å²) in [4.78, 5) is 10.7. The van der Waals surface area contributed by atoms with E-state index in [-0.39, 0.29) is 12.6 Å². The van der Waals surface area contributed by atoms with E-state index in [0.29, 0.717) is 17.3 Å². The molecule has 27 heavy (non-hydrogen) atoms. The number of aryl methyl sites for hydroxylation is 1. The van der Waals surface area contributed by atoms with Crippen LogP contribution in [0.15, 0.2) is 42.5 Å². The van der Waals surface area contributed by atoms with Crippen molar-refractivity contribution < 1.29 is 19.7 Å². The van der Waals surface area contributed by atoms with Crippen LogP contribution < -0.4 is 10.1 Å². The average Bonchev–Trinajstić information content (AvgIpc) is 2.85. The molecule has 1 aliphatic rings. The van der Waals surface area contributed by atoms with Crippen LogP contribution in [0.4, 0.5) is 0 Å². The molecule has 0 aliphatic heterocycles. The van der Waals surface area contributed by atoms with Crippen LogP contribution >= 0.6 is 11.6 Å². The summed E-state index contributed by atoms with van der Waals surface area (Å²) in [6.45, 7) is 0.113. The van der Waals surface area contributed by atoms with Crippen molar-refractivity contribution in [3.63, 3.8) is 0 Å². The molecule has 0 aromatic heterocycles. The van der Waals surface area contributed by atoms with Gasteiger partial charge in [-0.25, -0.2) is 4.79 Å². The van der Waals surface area contributed by atoms with Crippen molar-refractivity contribution in [3.05, 3.63) is 64.2 Å². The van der Waals surface area contributed by atoms with Gasteiger partial charge in [0.2, 0.25) is 0 Å². The second kappa shape index (κ2) is 9.22. The van der Waals surface area contributed by atoms with E-state index in [0.717, 1.165) is 31.2 Å². The Morgan fingerprint density at radius 2 is 2.11 bits per heavy atom. The lowest BCUT2D eigenvalue weighted by Gasteiger charge is -2.20. The molecular formula is C21H24ClNO4. The Morgan fingerprint density at radius 1 is 1.26 bits per heavy atom. The number of aliphatic hydroxyl groups excluding tert-OH is 1. The standard InChI is InChI=1S/C21H24ClNO4/c22-17-5-1-4-15(9-17)20(24)12-23-18-6-2-3-14-7-8-19(11-16(14)10-18)27-13-21(25)26/h1,4-5,7-9,11,18,20,23-24H,2-3,6,10,12-13H2,(H,25,26)/t18-,20+/m1/s1. The number of hydrogen-bond donors (Lipinski definition) is 3. The Balaban J connectivity index is 1.61. The van der Waals surface area contributed by atoms with Crippen molar-refractivity contribution in [2.45, 2.75) is 37.8 Å². The predicted octanol–water partition coefficient (Wildman–Crippen LogP) is 3.37. The topological polar surface area (TPSA) is 78.8 Å². The molecule has 0 bridgehead atoms. The monoisotopic (exact) mass is 389 g/mol. The Morgan fingerprint density at radius 3 is 2.89 bits per heavy atom. The molecule has 0 radical (unpaired) electrons. The zero-order chi connectivity index (χ0) is 19.2. The molecule has 0 heterocycles. The third-order valence-corrected chi connectivity index (χ3v) is 5.07. The molecule has 3 rings (SSSR count). The number of carboxylic acids is 1. The first-order chi connectivity index (χ1) is 13.0. The van der Waals surface area contributed by atoms with Gasteiger partial charge in [-0.2, -0.15) is 0 Å². The van der Waals surface area contributed by atoms with Crippen LogP contribution in [-0.2, 0) is 17.6 Å². The Bertz CT molecular complexity index is 796. The van der Waals surface area contributed by atoms with Crippen molar-refractivity contribution >= 4 is 17.6 Å². The largest absolute Gasteiger partial charge is 0.482 e. The fraction of sp³-hybridized carbons (Fsp3) is 0.381. The van der Waals surface area contributed by atoms with Gasteiger partial charge in [-0.1, -0.05) is 29.8 Å². The second-order valence-electron chi connectivity index (χ2n) is 6.89. The van der Waals surface area contributed by atoms with Crippen molar-refractivity contribution in [2.75, 3.05) is 13.2 Å². The SMILES string of the molecule is O=C(O)COc1ccc2c(c1)C[C@H](NC[C@H](O)c1cccc(Cl)c1)CCC2. The summed E-state index contributed by atoms with van der Waals surface area (Å²) in [5, 5.41) is 23.3. The van der Waals surface area contributed by atoms with Crippen LogP contribution in [0.3, 0.4) is 0 Å². The molecule has 0 fully saturated rings. The average molecular weight is 390 g/mol. The Labute approximate surface area is 163 Å². The van der Waals surface area contributed by atoms with Crippen molar-refractivity contribution in [1.29, 1.82) is 0 Å². The van der Waals surface area contributed by atoms with E-state index in [1.54, 1.807) is 12.1 Å². The zero-order valence-electron chi connectivity index (χ0n) is 15.0. The molecule has 0 spiro atoms. The number of benzene rings is 2. The molecule has 6 heteroatoms. The van der Waals surface area contributed by atoms with Crippen LogP contribution in [0.5, 0.6) is 5.75 Å². The summed E-state index contributed by atoms with van der Waals surface area (Å²) >= 11 is 6.00. The number of halogens is 1. The lowest BCUT2D eigenvalue weighted by Crippen LogP contribution is -2.34. The van der Waals surface area contributed by atoms with Gasteiger partial charge in [-0.05, 0) is 66.6 Å². The molecule has 0 amide bonds. The molecule has 0 saturated heterocycles. The quantitative estimate of drug-likeness (QED) is 0.633. The molecule has 0 unspecified atom stereocenters. The molecule has 1 aliphatic carbocycles. The van der Waals surface area contributed by atoms with Gasteiger partial charge >= 0.3 is 5.97 Å². The maximum Gasteiger partial charge on any atom is 0.341 e. The molecule has 2 atom stereocenters. The molecule has 2 aromatic carbocycles. The summed E-state index contributed by atoms with van der Waals surface area (Å²) in [6, 6.07) is 13.3. The van der Waals surface area contributed by atoms with Crippen LogP contribution in [0.1, 0.15) is 35.6 Å². The second-order valence-corrected chi connectivity index (χ2v) is 7.32. The zero-order valence-corrected chi connectivity index (χ0v) is 15.8. The summed E-state index contributed by atoms with van der Waals surface area (Å²) < 4.78 is 5.30. The number of aliphatic carboxylic acids is 1. The van der Waals surface area contributed by atoms with Gasteiger partial charge in [0.25, 0.3) is 0 Å². The highest BCUT2D eigenvalue weighted by atomic mass is 35.5. The van der Waals surface area contributed by atoms with Gasteiger partial charge in [0, 0.05) is 17.6 Å². The van der Waals surface area contributed by atoms with E-state index in [2.05, 4.69) is 5.32 Å². The molecule has 0 saturated carbocycles. The van der Waals surface area contributed by atoms with Crippen LogP contribution in [-0.4, -0.2) is 35.4 Å². The summed E-state index contributed by atoms with van der Waals surface area (Å²) in [5.41, 5.74) is 3.25. The number of nitrogens with one attached hydrogen (secondary N) is 1. The molecule has 2 aromatic rings. The first-order valence-corrected chi connectivity index (χ1v) is 9.52. The lowest BCUT2D eigenvalue weighted by atomic mass is 10.0. The summed E-state index contributed by atoms with van der Waals surface area (Å²) in [7, 11) is 0. The smallest absolute Gasteiger partial charge is 0.341 e. The maximum absolute atomic E-state index is 10.7. The first kappa shape index (κ1) is 19.7. The van der Waals surface area contributed by atoms with Gasteiger partial charge in [0.05, 0.1) is 6.10 Å². The minimum atomic E-state index is -0.987. The number of hydrogen-bond acceptors (Lipinski definition) is 4. The molecular weight excluding hydrogens is 366 g/mol. The highest BCUT2D eigenvalue weighted by Gasteiger charge is 2.19. The van der Waals surface area contributed by atoms with Crippen molar-refractivity contribution in [3.8, 4) is 5.75 Å². The van der Waals surface area contributed by atoms with Crippen LogP contribution in [0, 0.1) is 0 Å². The molecule has 144 valence electrons. The van der Waals surface area contributed by atoms with E-state index >= 15 is 0 Å². The van der Waals surface area contributed by atoms with Crippen LogP contribution in [0.25, 0.3) is 0 Å². The highest BCUT2D eigenvalue weighted by Crippen LogP contribution is 2.26. The minimum absolute atomic E-state index is 0.245. The van der Waals surface area contributed by atoms with E-state index in [4.69, 9.17) is 21.4 Å². The van der Waals surface area contributed by atoms with Gasteiger partial charge in [0.1, 0.15) is 5.75 Å². The Hall–Kier alpha value is -2.08. The highest BCUT2D eigenvalue weighted by molar-refractivity contribution is 6.30. The van der Waals surface area contributed by atoms with Gasteiger partial charge in [-0.3, -0.25) is 0 Å². The minimum Gasteiger partial charge on any atom is -0.482 e. The third-order valence-electron chi connectivity index (χ3n) is 4.84.